The maximum Gasteiger partial charge on any atom is 0.236 e. The van der Waals surface area contributed by atoms with Gasteiger partial charge in [-0.05, 0) is 12.1 Å². The zero-order chi connectivity index (χ0) is 11.4. The summed E-state index contributed by atoms with van der Waals surface area (Å²) in [4.78, 5) is 0. The molecule has 0 atom stereocenters. The molecule has 0 aliphatic rings. The Morgan fingerprint density at radius 2 is 2.13 bits per heavy atom. The number of nitrogens with two attached hydrogens (primary N) is 1. The van der Waals surface area contributed by atoms with Crippen LogP contribution < -0.4 is 5.73 Å². The molecule has 0 aromatic heterocycles. The zero-order valence-electron chi connectivity index (χ0n) is 7.62. The van der Waals surface area contributed by atoms with Gasteiger partial charge in [-0.15, -0.1) is 5.17 Å². The van der Waals surface area contributed by atoms with Gasteiger partial charge in [-0.3, -0.25) is 10.6 Å². The Hall–Kier alpha value is -2.28. The van der Waals surface area contributed by atoms with Crippen LogP contribution in [0.3, 0.4) is 0 Å². The van der Waals surface area contributed by atoms with E-state index in [1.807, 2.05) is 0 Å². The van der Waals surface area contributed by atoms with E-state index in [-0.39, 0.29) is 22.2 Å². The fourth-order valence-corrected chi connectivity index (χ4v) is 0.832. The van der Waals surface area contributed by atoms with E-state index in [0.29, 0.717) is 0 Å². The van der Waals surface area contributed by atoms with Crippen LogP contribution in [-0.2, 0) is 0 Å². The maximum absolute atomic E-state index is 9.32. The lowest BCUT2D eigenvalue weighted by Crippen LogP contribution is -2.28. The molecule has 0 amide bonds. The van der Waals surface area contributed by atoms with Crippen molar-refractivity contribution in [3.8, 4) is 11.5 Å². The standard InChI is InChI=1S/C8H10N4O3/c9-8(10)12(15)11-4-5-2-1-3-6(13)7(5)14/h1-4,13-15H,(H3,9,10). The van der Waals surface area contributed by atoms with E-state index in [2.05, 4.69) is 5.10 Å². The van der Waals surface area contributed by atoms with E-state index < -0.39 is 5.96 Å². The van der Waals surface area contributed by atoms with Crippen molar-refractivity contribution in [2.45, 2.75) is 0 Å². The Morgan fingerprint density at radius 3 is 2.73 bits per heavy atom. The van der Waals surface area contributed by atoms with Gasteiger partial charge in [0.1, 0.15) is 0 Å². The predicted molar refractivity (Wildman–Crippen MR) is 52.9 cm³/mol. The van der Waals surface area contributed by atoms with E-state index >= 15 is 0 Å². The molecular weight excluding hydrogens is 200 g/mol. The first-order valence-electron chi connectivity index (χ1n) is 3.90. The molecule has 7 heteroatoms. The van der Waals surface area contributed by atoms with Gasteiger partial charge < -0.3 is 15.9 Å². The third kappa shape index (κ3) is 2.58. The van der Waals surface area contributed by atoms with Crippen LogP contribution in [0.15, 0.2) is 23.3 Å². The zero-order valence-corrected chi connectivity index (χ0v) is 7.62. The van der Waals surface area contributed by atoms with Crippen LogP contribution >= 0.6 is 0 Å². The van der Waals surface area contributed by atoms with Crippen LogP contribution in [-0.4, -0.2) is 32.8 Å². The van der Waals surface area contributed by atoms with Crippen molar-refractivity contribution < 1.29 is 15.4 Å². The summed E-state index contributed by atoms with van der Waals surface area (Å²) in [5.74, 6) is -1.32. The van der Waals surface area contributed by atoms with Crippen molar-refractivity contribution in [1.29, 1.82) is 5.41 Å². The van der Waals surface area contributed by atoms with Crippen molar-refractivity contribution in [2.75, 3.05) is 0 Å². The van der Waals surface area contributed by atoms with Crippen LogP contribution in [0.1, 0.15) is 5.56 Å². The molecule has 1 aromatic rings. The van der Waals surface area contributed by atoms with Gasteiger partial charge >= 0.3 is 0 Å². The van der Waals surface area contributed by atoms with E-state index in [1.165, 1.54) is 18.2 Å². The number of hydrogen-bond acceptors (Lipinski definition) is 5. The summed E-state index contributed by atoms with van der Waals surface area (Å²) < 4.78 is 0. The number of phenols is 2. The van der Waals surface area contributed by atoms with Gasteiger partial charge in [-0.2, -0.15) is 5.10 Å². The Bertz CT molecular complexity index is 405. The molecular formula is C8H10N4O3. The van der Waals surface area contributed by atoms with Crippen LogP contribution in [0.25, 0.3) is 0 Å². The fourth-order valence-electron chi connectivity index (χ4n) is 0.832. The summed E-state index contributed by atoms with van der Waals surface area (Å²) in [5.41, 5.74) is 5.09. The monoisotopic (exact) mass is 210 g/mol. The highest BCUT2D eigenvalue weighted by Crippen LogP contribution is 2.26. The van der Waals surface area contributed by atoms with Crippen molar-refractivity contribution in [3.05, 3.63) is 23.8 Å². The quantitative estimate of drug-likeness (QED) is 0.203. The maximum atomic E-state index is 9.32. The van der Waals surface area contributed by atoms with Crippen molar-refractivity contribution >= 4 is 12.2 Å². The number of guanidine groups is 1. The number of rotatable bonds is 2. The van der Waals surface area contributed by atoms with Crippen LogP contribution in [0.2, 0.25) is 0 Å². The predicted octanol–water partition coefficient (Wildman–Crippen LogP) is 0.0164. The molecule has 0 radical (unpaired) electrons. The molecule has 0 heterocycles. The molecule has 0 saturated heterocycles. The molecule has 0 aliphatic carbocycles. The molecule has 7 nitrogen and oxygen atoms in total. The number of benzene rings is 1. The van der Waals surface area contributed by atoms with E-state index in [4.69, 9.17) is 21.5 Å². The first-order chi connectivity index (χ1) is 7.02. The summed E-state index contributed by atoms with van der Waals surface area (Å²) in [7, 11) is 0. The number of hydrogen-bond donors (Lipinski definition) is 5. The highest BCUT2D eigenvalue weighted by atomic mass is 16.5. The number of hydroxylamine groups is 1. The fraction of sp³-hybridized carbons (Fsp3) is 0. The largest absolute Gasteiger partial charge is 0.504 e. The first-order valence-corrected chi connectivity index (χ1v) is 3.90. The lowest BCUT2D eigenvalue weighted by atomic mass is 10.2. The smallest absolute Gasteiger partial charge is 0.236 e. The Balaban J connectivity index is 2.90. The molecule has 0 unspecified atom stereocenters. The van der Waals surface area contributed by atoms with Crippen LogP contribution in [0, 0.1) is 5.41 Å². The molecule has 0 fully saturated rings. The summed E-state index contributed by atoms with van der Waals surface area (Å²) in [6.45, 7) is 0. The van der Waals surface area contributed by atoms with Crippen LogP contribution in [0.5, 0.6) is 11.5 Å². The minimum Gasteiger partial charge on any atom is -0.504 e. The lowest BCUT2D eigenvalue weighted by Gasteiger charge is -2.06. The SMILES string of the molecule is N=C(N)N(O)N=Cc1cccc(O)c1O. The first kappa shape index (κ1) is 10.8. The molecule has 0 spiro atoms. The molecule has 6 N–H and O–H groups in total. The van der Waals surface area contributed by atoms with Gasteiger partial charge in [-0.25, -0.2) is 0 Å². The Morgan fingerprint density at radius 1 is 1.47 bits per heavy atom. The van der Waals surface area contributed by atoms with Crippen LogP contribution in [0.4, 0.5) is 0 Å². The average Bonchev–Trinajstić information content (AvgIpc) is 2.19. The van der Waals surface area contributed by atoms with Gasteiger partial charge in [0.2, 0.25) is 5.96 Å². The summed E-state index contributed by atoms with van der Waals surface area (Å²) in [5, 5.41) is 37.6. The summed E-state index contributed by atoms with van der Waals surface area (Å²) in [6.07, 6.45) is 1.05. The number of aromatic hydroxyl groups is 2. The van der Waals surface area contributed by atoms with E-state index in [9.17, 15) is 5.11 Å². The minimum atomic E-state index is -0.661. The lowest BCUT2D eigenvalue weighted by molar-refractivity contribution is -0.0139. The van der Waals surface area contributed by atoms with Gasteiger partial charge in [0.25, 0.3) is 0 Å². The molecule has 0 saturated carbocycles. The third-order valence-electron chi connectivity index (χ3n) is 1.57. The molecule has 1 rings (SSSR count). The van der Waals surface area contributed by atoms with Gasteiger partial charge in [0.05, 0.1) is 6.21 Å². The number of phenolic OH excluding ortho intramolecular Hbond substituents is 2. The number of nitrogens with one attached hydrogen (secondary N) is 1. The van der Waals surface area contributed by atoms with E-state index in [0.717, 1.165) is 6.21 Å². The third-order valence-corrected chi connectivity index (χ3v) is 1.57. The average molecular weight is 210 g/mol. The van der Waals surface area contributed by atoms with E-state index in [1.54, 1.807) is 0 Å². The Kier molecular flexibility index (Phi) is 3.09. The molecule has 80 valence electrons. The van der Waals surface area contributed by atoms with Crippen molar-refractivity contribution in [3.63, 3.8) is 0 Å². The van der Waals surface area contributed by atoms with Gasteiger partial charge in [0.15, 0.2) is 11.5 Å². The number of para-hydroxylation sites is 1. The molecule has 0 aliphatic heterocycles. The normalized spacial score (nSPS) is 10.5. The number of nitrogens with zero attached hydrogens (tertiary/aromatic N) is 2. The highest BCUT2D eigenvalue weighted by Gasteiger charge is 2.04. The molecule has 1 aromatic carbocycles. The van der Waals surface area contributed by atoms with Gasteiger partial charge in [0, 0.05) is 5.56 Å². The van der Waals surface area contributed by atoms with Crippen molar-refractivity contribution in [2.24, 2.45) is 10.8 Å². The van der Waals surface area contributed by atoms with Gasteiger partial charge in [-0.1, -0.05) is 6.07 Å². The second-order valence-electron chi connectivity index (χ2n) is 2.63. The highest BCUT2D eigenvalue weighted by molar-refractivity contribution is 5.85. The second-order valence-corrected chi connectivity index (χ2v) is 2.63. The van der Waals surface area contributed by atoms with Crippen molar-refractivity contribution in [1.82, 2.24) is 5.17 Å². The minimum absolute atomic E-state index is 0.128. The second kappa shape index (κ2) is 4.29. The summed E-state index contributed by atoms with van der Waals surface area (Å²) in [6, 6.07) is 4.26. The number of hydrazone groups is 1. The topological polar surface area (TPSA) is 126 Å². The summed E-state index contributed by atoms with van der Waals surface area (Å²) >= 11 is 0. The molecule has 0 bridgehead atoms. The molecule has 15 heavy (non-hydrogen) atoms. The Labute approximate surface area is 85.1 Å².